The second kappa shape index (κ2) is 46.6. The van der Waals surface area contributed by atoms with E-state index in [0.717, 1.165) is 64.2 Å². The summed E-state index contributed by atoms with van der Waals surface area (Å²) < 4.78 is 5.81. The molecule has 3 unspecified atom stereocenters. The number of ether oxygens (including phenoxy) is 1. The number of allylic oxidation sites excluding steroid dienone is 9. The monoisotopic (exact) mass is 826 g/mol. The number of amides is 1. The molecule has 0 aliphatic rings. The molecule has 0 aromatic carbocycles. The molecule has 0 radical (unpaired) electrons. The molecule has 6 nitrogen and oxygen atoms in total. The van der Waals surface area contributed by atoms with E-state index in [0.29, 0.717) is 19.3 Å². The minimum absolute atomic E-state index is 0.0353. The van der Waals surface area contributed by atoms with Gasteiger partial charge in [-0.1, -0.05) is 210 Å². The van der Waals surface area contributed by atoms with Gasteiger partial charge in [0.15, 0.2) is 0 Å². The van der Waals surface area contributed by atoms with Gasteiger partial charge in [-0.15, -0.1) is 0 Å². The number of hydrogen-bond donors (Lipinski definition) is 3. The van der Waals surface area contributed by atoms with Crippen molar-refractivity contribution in [2.75, 3.05) is 6.61 Å². The standard InChI is InChI=1S/C53H95NO5/c1-4-7-10-13-16-19-22-23-24-25-26-27-28-29-31-34-37-40-43-46-53(58)59-49(44-41-38-35-32-30-20-17-14-11-8-5-2)47-52(57)54-50(48-55)51(56)45-42-39-36-33-21-18-15-12-9-6-3/h16,19,23-24,26-27,32,35,41,44,49-51,55-56H,4-15,17-18,20-22,25,28-31,33-34,36-40,42-43,45-48H2,1-3H3,(H,54,57)/b19-16-,24-23-,27-26-,35-32-,44-41+. The van der Waals surface area contributed by atoms with Crippen LogP contribution in [0.4, 0.5) is 0 Å². The number of esters is 1. The van der Waals surface area contributed by atoms with Gasteiger partial charge in [0.1, 0.15) is 6.10 Å². The Kier molecular flexibility index (Phi) is 44.7. The van der Waals surface area contributed by atoms with Crippen LogP contribution in [0.1, 0.15) is 239 Å². The molecule has 0 saturated heterocycles. The SMILES string of the molecule is CCCCC/C=C\C/C=C\C/C=C\CCCCCCCCC(=O)OC(/C=C/C/C=C\CCCCCCCC)CC(=O)NC(CO)C(O)CCCCCCCCCCCC. The van der Waals surface area contributed by atoms with E-state index in [9.17, 15) is 19.8 Å². The fraction of sp³-hybridized carbons (Fsp3) is 0.774. The Morgan fingerprint density at radius 1 is 0.508 bits per heavy atom. The minimum Gasteiger partial charge on any atom is -0.458 e. The predicted octanol–water partition coefficient (Wildman–Crippen LogP) is 14.8. The van der Waals surface area contributed by atoms with E-state index in [-0.39, 0.29) is 24.9 Å². The normalized spacial score (nSPS) is 13.8. The highest BCUT2D eigenvalue weighted by Gasteiger charge is 2.23. The third-order valence-electron chi connectivity index (χ3n) is 11.1. The summed E-state index contributed by atoms with van der Waals surface area (Å²) in [5.41, 5.74) is 0. The molecule has 0 saturated carbocycles. The van der Waals surface area contributed by atoms with Crippen molar-refractivity contribution in [2.24, 2.45) is 0 Å². The van der Waals surface area contributed by atoms with Crippen molar-refractivity contribution in [3.8, 4) is 0 Å². The number of carbonyl (C=O) groups is 2. The van der Waals surface area contributed by atoms with Gasteiger partial charge in [-0.3, -0.25) is 9.59 Å². The third-order valence-corrected chi connectivity index (χ3v) is 11.1. The molecule has 59 heavy (non-hydrogen) atoms. The first-order valence-electron chi connectivity index (χ1n) is 25.0. The molecule has 3 atom stereocenters. The van der Waals surface area contributed by atoms with Crippen LogP contribution in [-0.2, 0) is 14.3 Å². The second-order valence-corrected chi connectivity index (χ2v) is 16.9. The molecule has 0 aliphatic heterocycles. The molecule has 0 heterocycles. The Hall–Kier alpha value is -2.44. The zero-order valence-corrected chi connectivity index (χ0v) is 38.9. The maximum atomic E-state index is 13.1. The molecule has 0 aliphatic carbocycles. The molecule has 0 aromatic heterocycles. The van der Waals surface area contributed by atoms with Gasteiger partial charge in [-0.05, 0) is 76.7 Å². The number of hydrogen-bond acceptors (Lipinski definition) is 5. The maximum absolute atomic E-state index is 13.1. The summed E-state index contributed by atoms with van der Waals surface area (Å²) in [5.74, 6) is -0.618. The van der Waals surface area contributed by atoms with Gasteiger partial charge in [0.25, 0.3) is 0 Å². The Balaban J connectivity index is 4.61. The molecule has 0 spiro atoms. The van der Waals surface area contributed by atoms with E-state index in [1.54, 1.807) is 0 Å². The molecule has 0 fully saturated rings. The largest absolute Gasteiger partial charge is 0.458 e. The van der Waals surface area contributed by atoms with Gasteiger partial charge in [-0.2, -0.15) is 0 Å². The molecule has 0 aromatic rings. The average Bonchev–Trinajstić information content (AvgIpc) is 3.23. The van der Waals surface area contributed by atoms with Crippen LogP contribution in [0.15, 0.2) is 60.8 Å². The van der Waals surface area contributed by atoms with Crippen molar-refractivity contribution in [1.29, 1.82) is 0 Å². The Bertz CT molecular complexity index is 1060. The van der Waals surface area contributed by atoms with Crippen LogP contribution in [0.5, 0.6) is 0 Å². The summed E-state index contributed by atoms with van der Waals surface area (Å²) in [5, 5.41) is 23.6. The van der Waals surface area contributed by atoms with Crippen LogP contribution in [0, 0.1) is 0 Å². The number of aliphatic hydroxyl groups is 2. The maximum Gasteiger partial charge on any atom is 0.306 e. The number of carbonyl (C=O) groups excluding carboxylic acids is 2. The quantitative estimate of drug-likeness (QED) is 0.0323. The average molecular weight is 826 g/mol. The van der Waals surface area contributed by atoms with Crippen molar-refractivity contribution in [3.63, 3.8) is 0 Å². The summed E-state index contributed by atoms with van der Waals surface area (Å²) in [6.45, 7) is 6.39. The van der Waals surface area contributed by atoms with Crippen LogP contribution < -0.4 is 5.32 Å². The fourth-order valence-corrected chi connectivity index (χ4v) is 7.22. The lowest BCUT2D eigenvalue weighted by Crippen LogP contribution is -2.46. The van der Waals surface area contributed by atoms with E-state index in [2.05, 4.69) is 74.7 Å². The molecular formula is C53H95NO5. The van der Waals surface area contributed by atoms with E-state index in [4.69, 9.17) is 4.74 Å². The Morgan fingerprint density at radius 2 is 0.898 bits per heavy atom. The smallest absolute Gasteiger partial charge is 0.306 e. The molecule has 6 heteroatoms. The highest BCUT2D eigenvalue weighted by atomic mass is 16.5. The molecular weight excluding hydrogens is 731 g/mol. The summed E-state index contributed by atoms with van der Waals surface area (Å²) in [4.78, 5) is 26.0. The third kappa shape index (κ3) is 42.1. The van der Waals surface area contributed by atoms with Crippen molar-refractivity contribution in [3.05, 3.63) is 60.8 Å². The van der Waals surface area contributed by atoms with Crippen molar-refractivity contribution < 1.29 is 24.5 Å². The van der Waals surface area contributed by atoms with Crippen LogP contribution in [0.2, 0.25) is 0 Å². The van der Waals surface area contributed by atoms with Crippen LogP contribution >= 0.6 is 0 Å². The van der Waals surface area contributed by atoms with E-state index < -0.39 is 18.2 Å². The van der Waals surface area contributed by atoms with Gasteiger partial charge in [-0.25, -0.2) is 0 Å². The lowest BCUT2D eigenvalue weighted by atomic mass is 10.0. The number of aliphatic hydroxyl groups excluding tert-OH is 2. The van der Waals surface area contributed by atoms with E-state index in [1.165, 1.54) is 128 Å². The van der Waals surface area contributed by atoms with Gasteiger partial charge >= 0.3 is 5.97 Å². The first kappa shape index (κ1) is 56.6. The van der Waals surface area contributed by atoms with Crippen molar-refractivity contribution in [2.45, 2.75) is 257 Å². The van der Waals surface area contributed by atoms with Gasteiger partial charge in [0, 0.05) is 6.42 Å². The first-order chi connectivity index (χ1) is 29.0. The minimum atomic E-state index is -0.812. The van der Waals surface area contributed by atoms with Gasteiger partial charge in [0.05, 0.1) is 25.2 Å². The summed E-state index contributed by atoms with van der Waals surface area (Å²) in [6.07, 6.45) is 57.4. The zero-order valence-electron chi connectivity index (χ0n) is 38.9. The van der Waals surface area contributed by atoms with E-state index in [1.807, 2.05) is 12.2 Å². The second-order valence-electron chi connectivity index (χ2n) is 16.9. The lowest BCUT2D eigenvalue weighted by molar-refractivity contribution is -0.148. The predicted molar refractivity (Wildman–Crippen MR) is 255 cm³/mol. The molecule has 3 N–H and O–H groups in total. The van der Waals surface area contributed by atoms with Crippen LogP contribution in [0.3, 0.4) is 0 Å². The Morgan fingerprint density at radius 3 is 1.39 bits per heavy atom. The highest BCUT2D eigenvalue weighted by Crippen LogP contribution is 2.15. The van der Waals surface area contributed by atoms with Crippen LogP contribution in [-0.4, -0.2) is 46.9 Å². The van der Waals surface area contributed by atoms with Gasteiger partial charge in [0.2, 0.25) is 5.91 Å². The topological polar surface area (TPSA) is 95.9 Å². The van der Waals surface area contributed by atoms with Crippen molar-refractivity contribution >= 4 is 11.9 Å². The summed E-state index contributed by atoms with van der Waals surface area (Å²) in [7, 11) is 0. The van der Waals surface area contributed by atoms with Gasteiger partial charge < -0.3 is 20.3 Å². The van der Waals surface area contributed by atoms with E-state index >= 15 is 0 Å². The van der Waals surface area contributed by atoms with Crippen LogP contribution in [0.25, 0.3) is 0 Å². The molecule has 0 bridgehead atoms. The highest BCUT2D eigenvalue weighted by molar-refractivity contribution is 5.78. The number of nitrogens with one attached hydrogen (secondary N) is 1. The molecule has 1 amide bonds. The van der Waals surface area contributed by atoms with Crippen molar-refractivity contribution in [1.82, 2.24) is 5.32 Å². The summed E-state index contributed by atoms with van der Waals surface area (Å²) in [6, 6.07) is -0.734. The number of unbranched alkanes of at least 4 members (excludes halogenated alkanes) is 24. The lowest BCUT2D eigenvalue weighted by Gasteiger charge is -2.23. The molecule has 342 valence electrons. The Labute approximate surface area is 365 Å². The first-order valence-corrected chi connectivity index (χ1v) is 25.0. The fourth-order valence-electron chi connectivity index (χ4n) is 7.22. The summed E-state index contributed by atoms with van der Waals surface area (Å²) >= 11 is 0. The number of rotatable bonds is 44. The zero-order chi connectivity index (χ0) is 43.1. The molecule has 0 rings (SSSR count).